The highest BCUT2D eigenvalue weighted by Crippen LogP contribution is 2.56. The molecule has 1 rings (SSSR count). The Morgan fingerprint density at radius 2 is 1.71 bits per heavy atom. The van der Waals surface area contributed by atoms with Crippen molar-refractivity contribution < 1.29 is 0 Å². The average Bonchev–Trinajstić information content (AvgIpc) is 2.48. The van der Waals surface area contributed by atoms with Gasteiger partial charge in [-0.2, -0.15) is 0 Å². The van der Waals surface area contributed by atoms with Crippen LogP contribution in [0.25, 0.3) is 0 Å². The summed E-state index contributed by atoms with van der Waals surface area (Å²) in [5.74, 6) is 1.83. The molecule has 0 saturated heterocycles. The van der Waals surface area contributed by atoms with E-state index in [1.54, 1.807) is 0 Å². The van der Waals surface area contributed by atoms with E-state index in [4.69, 9.17) is 34.8 Å². The van der Waals surface area contributed by atoms with Crippen LogP contribution in [0.1, 0.15) is 25.7 Å². The van der Waals surface area contributed by atoms with Gasteiger partial charge < -0.3 is 0 Å². The molecule has 3 unspecified atom stereocenters. The van der Waals surface area contributed by atoms with Gasteiger partial charge in [0.15, 0.2) is 0 Å². The van der Waals surface area contributed by atoms with E-state index in [0.29, 0.717) is 17.6 Å². The second-order valence-corrected chi connectivity index (χ2v) is 6.87. The lowest BCUT2D eigenvalue weighted by atomic mass is 9.55. The van der Waals surface area contributed by atoms with Crippen LogP contribution in [0.5, 0.6) is 0 Å². The van der Waals surface area contributed by atoms with Crippen molar-refractivity contribution in [1.82, 2.24) is 0 Å². The number of allylic oxidation sites excluding steroid dienone is 5. The largest absolute Gasteiger partial charge is 0.126 e. The molecule has 0 amide bonds. The number of halogens is 3. The maximum absolute atomic E-state index is 6.41. The molecule has 0 spiro atoms. The van der Waals surface area contributed by atoms with Crippen molar-refractivity contribution in [2.45, 2.75) is 25.7 Å². The van der Waals surface area contributed by atoms with Crippen LogP contribution in [0.15, 0.2) is 49.6 Å². The van der Waals surface area contributed by atoms with E-state index in [0.717, 1.165) is 25.7 Å². The lowest BCUT2D eigenvalue weighted by Gasteiger charge is -2.52. The summed E-state index contributed by atoms with van der Waals surface area (Å²) in [5.41, 5.74) is 1.08. The predicted molar refractivity (Wildman–Crippen MR) is 97.7 cm³/mol. The van der Waals surface area contributed by atoms with Crippen molar-refractivity contribution in [1.29, 1.82) is 0 Å². The molecule has 1 aliphatic rings. The molecule has 3 heteroatoms. The third-order valence-electron chi connectivity index (χ3n) is 4.65. The van der Waals surface area contributed by atoms with Crippen LogP contribution in [-0.2, 0) is 0 Å². The van der Waals surface area contributed by atoms with Gasteiger partial charge in [-0.05, 0) is 37.0 Å². The van der Waals surface area contributed by atoms with Crippen molar-refractivity contribution in [2.24, 2.45) is 16.7 Å². The SMILES string of the molecule is C=CCC1=CC(CCl)(CC=C)C(CCl)C(CCl)(CC=C)C1. The maximum atomic E-state index is 6.41. The molecule has 0 saturated carbocycles. The Labute approximate surface area is 144 Å². The van der Waals surface area contributed by atoms with Crippen molar-refractivity contribution in [3.05, 3.63) is 49.6 Å². The topological polar surface area (TPSA) is 0 Å². The summed E-state index contributed by atoms with van der Waals surface area (Å²) in [6.07, 6.45) is 11.6. The molecule has 0 fully saturated rings. The van der Waals surface area contributed by atoms with Gasteiger partial charge in [0, 0.05) is 23.1 Å². The lowest BCUT2D eigenvalue weighted by Crippen LogP contribution is -2.48. The average molecular weight is 348 g/mol. The molecule has 0 aliphatic heterocycles. The monoisotopic (exact) mass is 346 g/mol. The number of hydrogen-bond donors (Lipinski definition) is 0. The standard InChI is InChI=1S/C18H25Cl3/c1-4-7-15-10-17(13-20,8-5-2)16(12-19)18(11-15,14-21)9-6-3/h4-6,10,16H,1-3,7-9,11-14H2. The molecule has 0 nitrogen and oxygen atoms in total. The second kappa shape index (κ2) is 8.46. The summed E-state index contributed by atoms with van der Waals surface area (Å²) in [4.78, 5) is 0. The zero-order valence-corrected chi connectivity index (χ0v) is 14.9. The van der Waals surface area contributed by atoms with Crippen LogP contribution in [0.2, 0.25) is 0 Å². The molecular formula is C18H25Cl3. The van der Waals surface area contributed by atoms with E-state index in [1.807, 2.05) is 18.2 Å². The highest BCUT2D eigenvalue weighted by molar-refractivity contribution is 6.20. The molecular weight excluding hydrogens is 323 g/mol. The number of rotatable bonds is 9. The van der Waals surface area contributed by atoms with Gasteiger partial charge in [-0.1, -0.05) is 29.9 Å². The van der Waals surface area contributed by atoms with Crippen LogP contribution < -0.4 is 0 Å². The first kappa shape index (κ1) is 18.9. The van der Waals surface area contributed by atoms with Gasteiger partial charge >= 0.3 is 0 Å². The zero-order chi connectivity index (χ0) is 15.9. The summed E-state index contributed by atoms with van der Waals surface area (Å²) in [7, 11) is 0. The highest BCUT2D eigenvalue weighted by Gasteiger charge is 2.50. The second-order valence-electron chi connectivity index (χ2n) is 6.03. The van der Waals surface area contributed by atoms with Crippen molar-refractivity contribution in [3.8, 4) is 0 Å². The van der Waals surface area contributed by atoms with Crippen molar-refractivity contribution in [2.75, 3.05) is 17.6 Å². The van der Waals surface area contributed by atoms with Crippen molar-refractivity contribution in [3.63, 3.8) is 0 Å². The van der Waals surface area contributed by atoms with Crippen LogP contribution in [-0.4, -0.2) is 17.6 Å². The Bertz CT molecular complexity index is 413. The van der Waals surface area contributed by atoms with Crippen LogP contribution in [0.4, 0.5) is 0 Å². The maximum Gasteiger partial charge on any atom is 0.0321 e. The summed E-state index contributed by atoms with van der Waals surface area (Å²) in [6, 6.07) is 0. The minimum Gasteiger partial charge on any atom is -0.126 e. The number of hydrogen-bond acceptors (Lipinski definition) is 0. The van der Waals surface area contributed by atoms with E-state index in [1.165, 1.54) is 5.57 Å². The molecule has 0 bridgehead atoms. The first-order valence-corrected chi connectivity index (χ1v) is 8.89. The van der Waals surface area contributed by atoms with E-state index in [-0.39, 0.29) is 16.7 Å². The van der Waals surface area contributed by atoms with E-state index < -0.39 is 0 Å². The van der Waals surface area contributed by atoms with E-state index in [9.17, 15) is 0 Å². The van der Waals surface area contributed by atoms with Gasteiger partial charge in [-0.15, -0.1) is 54.5 Å². The summed E-state index contributed by atoms with van der Waals surface area (Å²) >= 11 is 19.2. The van der Waals surface area contributed by atoms with Crippen LogP contribution in [0, 0.1) is 16.7 Å². The third-order valence-corrected chi connectivity index (χ3v) is 5.99. The quantitative estimate of drug-likeness (QED) is 0.337. The molecule has 3 atom stereocenters. The zero-order valence-electron chi connectivity index (χ0n) is 12.6. The van der Waals surface area contributed by atoms with Crippen molar-refractivity contribution >= 4 is 34.8 Å². The molecule has 0 radical (unpaired) electrons. The highest BCUT2D eigenvalue weighted by atomic mass is 35.5. The van der Waals surface area contributed by atoms with Crippen LogP contribution >= 0.6 is 34.8 Å². The Balaban J connectivity index is 3.42. The smallest absolute Gasteiger partial charge is 0.0321 e. The normalized spacial score (nSPS) is 32.3. The van der Waals surface area contributed by atoms with Gasteiger partial charge in [0.1, 0.15) is 0 Å². The van der Waals surface area contributed by atoms with Gasteiger partial charge in [-0.3, -0.25) is 0 Å². The Morgan fingerprint density at radius 3 is 2.14 bits per heavy atom. The molecule has 0 aromatic heterocycles. The Morgan fingerprint density at radius 1 is 1.05 bits per heavy atom. The summed E-state index contributed by atoms with van der Waals surface area (Å²) in [6.45, 7) is 11.7. The van der Waals surface area contributed by atoms with Gasteiger partial charge in [0.25, 0.3) is 0 Å². The molecule has 0 N–H and O–H groups in total. The molecule has 21 heavy (non-hydrogen) atoms. The number of alkyl halides is 3. The minimum absolute atomic E-state index is 0.0873. The first-order chi connectivity index (χ1) is 10.1. The Kier molecular flexibility index (Phi) is 7.60. The van der Waals surface area contributed by atoms with Gasteiger partial charge in [0.05, 0.1) is 0 Å². The van der Waals surface area contributed by atoms with E-state index in [2.05, 4.69) is 25.8 Å². The lowest BCUT2D eigenvalue weighted by molar-refractivity contribution is 0.0897. The third kappa shape index (κ3) is 3.78. The summed E-state index contributed by atoms with van der Waals surface area (Å²) < 4.78 is 0. The summed E-state index contributed by atoms with van der Waals surface area (Å²) in [5, 5.41) is 0. The fourth-order valence-electron chi connectivity index (χ4n) is 3.73. The molecule has 1 aliphatic carbocycles. The first-order valence-electron chi connectivity index (χ1n) is 7.29. The van der Waals surface area contributed by atoms with E-state index >= 15 is 0 Å². The molecule has 118 valence electrons. The molecule has 0 heterocycles. The molecule has 0 aromatic rings. The fourth-order valence-corrected chi connectivity index (χ4v) is 5.13. The fraction of sp³-hybridized carbons (Fsp3) is 0.556. The molecule has 0 aromatic carbocycles. The predicted octanol–water partition coefficient (Wildman–Crippen LogP) is 6.35. The minimum atomic E-state index is -0.181. The van der Waals surface area contributed by atoms with Gasteiger partial charge in [0.2, 0.25) is 0 Å². The Hall–Kier alpha value is -0.170. The van der Waals surface area contributed by atoms with Crippen LogP contribution in [0.3, 0.4) is 0 Å². The van der Waals surface area contributed by atoms with Gasteiger partial charge in [-0.25, -0.2) is 0 Å².